The van der Waals surface area contributed by atoms with E-state index in [0.717, 1.165) is 66.0 Å². The molecule has 0 atom stereocenters. The first-order chi connectivity index (χ1) is 26.7. The van der Waals surface area contributed by atoms with E-state index < -0.39 is 0 Å². The smallest absolute Gasteiger partial charge is 0.136 e. The number of para-hydroxylation sites is 4. The van der Waals surface area contributed by atoms with Gasteiger partial charge in [-0.15, -0.1) is 0 Å². The number of hydrogen-bond donors (Lipinski definition) is 0. The van der Waals surface area contributed by atoms with E-state index in [0.29, 0.717) is 0 Å². The summed E-state index contributed by atoms with van der Waals surface area (Å²) in [6, 6.07) is 61.1. The maximum Gasteiger partial charge on any atom is 0.136 e. The highest BCUT2D eigenvalue weighted by Gasteiger charge is 2.19. The quantitative estimate of drug-likeness (QED) is 0.181. The van der Waals surface area contributed by atoms with Crippen LogP contribution in [-0.2, 0) is 0 Å². The van der Waals surface area contributed by atoms with Crippen LogP contribution in [0, 0.1) is 0 Å². The summed E-state index contributed by atoms with van der Waals surface area (Å²) in [4.78, 5) is 0. The molecule has 4 nitrogen and oxygen atoms in total. The highest BCUT2D eigenvalue weighted by molar-refractivity contribution is 6.28. The lowest BCUT2D eigenvalue weighted by molar-refractivity contribution is 0.663. The first kappa shape index (κ1) is 28.3. The van der Waals surface area contributed by atoms with Gasteiger partial charge in [-0.25, -0.2) is 0 Å². The third-order valence-electron chi connectivity index (χ3n) is 11.6. The summed E-state index contributed by atoms with van der Waals surface area (Å²) in [6.45, 7) is 0. The molecule has 0 saturated carbocycles. The highest BCUT2D eigenvalue weighted by Crippen LogP contribution is 2.43. The predicted molar refractivity (Wildman–Crippen MR) is 225 cm³/mol. The minimum Gasteiger partial charge on any atom is -0.456 e. The molecule has 0 radical (unpaired) electrons. The van der Waals surface area contributed by atoms with Crippen LogP contribution in [0.5, 0.6) is 0 Å². The Labute approximate surface area is 307 Å². The molecule has 0 saturated heterocycles. The van der Waals surface area contributed by atoms with Crippen LogP contribution in [0.4, 0.5) is 0 Å². The van der Waals surface area contributed by atoms with Crippen LogP contribution in [-0.4, -0.2) is 9.13 Å². The molecule has 250 valence electrons. The van der Waals surface area contributed by atoms with Gasteiger partial charge in [-0.1, -0.05) is 84.9 Å². The number of hydrogen-bond acceptors (Lipinski definition) is 2. The van der Waals surface area contributed by atoms with Crippen molar-refractivity contribution in [1.82, 2.24) is 9.13 Å². The summed E-state index contributed by atoms with van der Waals surface area (Å²) < 4.78 is 18.0. The lowest BCUT2D eigenvalue weighted by Gasteiger charge is -2.09. The van der Waals surface area contributed by atoms with E-state index in [4.69, 9.17) is 8.83 Å². The van der Waals surface area contributed by atoms with Crippen molar-refractivity contribution in [3.8, 4) is 11.4 Å². The number of benzene rings is 9. The number of fused-ring (bicyclic) bond motifs is 15. The van der Waals surface area contributed by atoms with Gasteiger partial charge in [0.15, 0.2) is 0 Å². The molecule has 4 heteroatoms. The first-order valence-electron chi connectivity index (χ1n) is 18.4. The van der Waals surface area contributed by atoms with Gasteiger partial charge in [0.25, 0.3) is 0 Å². The molecular weight excluding hydrogens is 661 g/mol. The van der Waals surface area contributed by atoms with Gasteiger partial charge in [0.1, 0.15) is 22.3 Å². The summed E-state index contributed by atoms with van der Waals surface area (Å²) in [7, 11) is 0. The summed E-state index contributed by atoms with van der Waals surface area (Å²) in [5.74, 6) is 0. The Kier molecular flexibility index (Phi) is 5.34. The second kappa shape index (κ2) is 10.2. The number of nitrogens with zero attached hydrogens (tertiary/aromatic N) is 2. The zero-order chi connectivity index (χ0) is 35.1. The molecule has 0 fully saturated rings. The van der Waals surface area contributed by atoms with Crippen molar-refractivity contribution in [3.63, 3.8) is 0 Å². The second-order valence-corrected chi connectivity index (χ2v) is 14.5. The summed E-state index contributed by atoms with van der Waals surface area (Å²) in [5.41, 5.74) is 10.5. The van der Waals surface area contributed by atoms with E-state index in [2.05, 4.69) is 167 Å². The van der Waals surface area contributed by atoms with Gasteiger partial charge in [0, 0.05) is 54.5 Å². The van der Waals surface area contributed by atoms with E-state index in [9.17, 15) is 0 Å². The largest absolute Gasteiger partial charge is 0.456 e. The van der Waals surface area contributed by atoms with Gasteiger partial charge in [-0.2, -0.15) is 0 Å². The topological polar surface area (TPSA) is 36.1 Å². The Hall–Kier alpha value is -7.30. The third kappa shape index (κ3) is 3.71. The predicted octanol–water partition coefficient (Wildman–Crippen LogP) is 14.0. The Morgan fingerprint density at radius 1 is 0.278 bits per heavy atom. The Bertz CT molecular complexity index is 3390. The van der Waals surface area contributed by atoms with E-state index in [-0.39, 0.29) is 0 Å². The number of aromatic nitrogens is 2. The minimum atomic E-state index is 0.861. The normalized spacial score (nSPS) is 12.4. The lowest BCUT2D eigenvalue weighted by Crippen LogP contribution is -1.93. The molecule has 9 aromatic carbocycles. The first-order valence-corrected chi connectivity index (χ1v) is 18.4. The fourth-order valence-electron chi connectivity index (χ4n) is 9.27. The molecule has 13 rings (SSSR count). The van der Waals surface area contributed by atoms with Crippen LogP contribution in [0.15, 0.2) is 179 Å². The van der Waals surface area contributed by atoms with Crippen LogP contribution in [0.2, 0.25) is 0 Å². The fraction of sp³-hybridized carbons (Fsp3) is 0. The molecule has 4 heterocycles. The number of furan rings is 2. The molecule has 0 aliphatic rings. The summed E-state index contributed by atoms with van der Waals surface area (Å²) in [6.07, 6.45) is 0. The van der Waals surface area contributed by atoms with Gasteiger partial charge < -0.3 is 18.0 Å². The SMILES string of the molecule is c1ccc2c(c1)c1ccccc1n2-c1ccc2cc3c(cc2c1)oc1ccc2oc4cc5cc(-n6c7ccccc7c7ccccc76)ccc5cc4c2c13. The summed E-state index contributed by atoms with van der Waals surface area (Å²) >= 11 is 0. The van der Waals surface area contributed by atoms with Crippen LogP contribution >= 0.6 is 0 Å². The van der Waals surface area contributed by atoms with Crippen molar-refractivity contribution in [2.45, 2.75) is 0 Å². The molecule has 0 N–H and O–H groups in total. The molecule has 4 aromatic heterocycles. The van der Waals surface area contributed by atoms with Gasteiger partial charge in [-0.3, -0.25) is 0 Å². The zero-order valence-electron chi connectivity index (χ0n) is 28.9. The monoisotopic (exact) mass is 688 g/mol. The van der Waals surface area contributed by atoms with Crippen molar-refractivity contribution >= 4 is 109 Å². The van der Waals surface area contributed by atoms with E-state index in [1.165, 1.54) is 54.4 Å². The third-order valence-corrected chi connectivity index (χ3v) is 11.6. The standard InChI is InChI=1S/C50H28N2O2/c1-5-13-41-35(9-1)36-10-2-6-14-42(36)51(41)33-19-17-29-25-39-47(27-31(29)23-33)53-45-21-22-46-50(49(39)45)40-26-30-18-20-34(24-32(30)28-48(40)54-46)52-43-15-7-3-11-37(43)38-12-4-8-16-44(38)52/h1-28H. The maximum atomic E-state index is 6.62. The van der Waals surface area contributed by atoms with Crippen molar-refractivity contribution in [2.75, 3.05) is 0 Å². The average Bonchev–Trinajstić information content (AvgIpc) is 3.96. The van der Waals surface area contributed by atoms with Crippen molar-refractivity contribution < 1.29 is 8.83 Å². The van der Waals surface area contributed by atoms with Crippen molar-refractivity contribution in [2.24, 2.45) is 0 Å². The van der Waals surface area contributed by atoms with Gasteiger partial charge in [-0.05, 0) is 106 Å². The van der Waals surface area contributed by atoms with E-state index in [1.54, 1.807) is 0 Å². The van der Waals surface area contributed by atoms with Gasteiger partial charge in [0.05, 0.1) is 22.1 Å². The van der Waals surface area contributed by atoms with Gasteiger partial charge in [0.2, 0.25) is 0 Å². The minimum absolute atomic E-state index is 0.861. The Balaban J connectivity index is 0.995. The van der Waals surface area contributed by atoms with Crippen molar-refractivity contribution in [1.29, 1.82) is 0 Å². The van der Waals surface area contributed by atoms with Gasteiger partial charge >= 0.3 is 0 Å². The molecule has 0 amide bonds. The summed E-state index contributed by atoms with van der Waals surface area (Å²) in [5, 5.41) is 14.0. The van der Waals surface area contributed by atoms with Crippen LogP contribution in [0.25, 0.3) is 120 Å². The van der Waals surface area contributed by atoms with Crippen LogP contribution in [0.3, 0.4) is 0 Å². The van der Waals surface area contributed by atoms with Crippen LogP contribution in [0.1, 0.15) is 0 Å². The molecule has 0 unspecified atom stereocenters. The molecule has 0 bridgehead atoms. The zero-order valence-corrected chi connectivity index (χ0v) is 28.9. The maximum absolute atomic E-state index is 6.62. The molecule has 0 spiro atoms. The second-order valence-electron chi connectivity index (χ2n) is 14.5. The van der Waals surface area contributed by atoms with E-state index >= 15 is 0 Å². The average molecular weight is 689 g/mol. The molecule has 54 heavy (non-hydrogen) atoms. The number of rotatable bonds is 2. The molecule has 0 aliphatic heterocycles. The van der Waals surface area contributed by atoms with Crippen LogP contribution < -0.4 is 0 Å². The molecular formula is C50H28N2O2. The Morgan fingerprint density at radius 2 is 0.648 bits per heavy atom. The van der Waals surface area contributed by atoms with Crippen molar-refractivity contribution in [3.05, 3.63) is 170 Å². The lowest BCUT2D eigenvalue weighted by atomic mass is 10.0. The van der Waals surface area contributed by atoms with E-state index in [1.807, 2.05) is 12.1 Å². The Morgan fingerprint density at radius 3 is 1.04 bits per heavy atom. The highest BCUT2D eigenvalue weighted by atomic mass is 16.3. The fourth-order valence-corrected chi connectivity index (χ4v) is 9.27. The molecule has 13 aromatic rings. The molecule has 0 aliphatic carbocycles.